The Hall–Kier alpha value is -3.30. The Bertz CT molecular complexity index is 948. The molecule has 31 heavy (non-hydrogen) atoms. The molecule has 0 aliphatic carbocycles. The summed E-state index contributed by atoms with van der Waals surface area (Å²) in [6, 6.07) is 7.33. The number of anilines is 1. The average Bonchev–Trinajstić information content (AvgIpc) is 3.20. The minimum atomic E-state index is -4.51. The number of pyridine rings is 1. The van der Waals surface area contributed by atoms with Crippen LogP contribution in [-0.4, -0.2) is 47.1 Å². The molecular formula is C21H23F3N4O3. The van der Waals surface area contributed by atoms with Gasteiger partial charge in [-0.15, -0.1) is 0 Å². The number of nitrogens with zero attached hydrogens (tertiary/aromatic N) is 2. The third-order valence-corrected chi connectivity index (χ3v) is 4.97. The van der Waals surface area contributed by atoms with Crippen LogP contribution in [0.1, 0.15) is 24.0 Å². The van der Waals surface area contributed by atoms with E-state index in [-0.39, 0.29) is 6.54 Å². The molecular weight excluding hydrogens is 413 g/mol. The summed E-state index contributed by atoms with van der Waals surface area (Å²) in [5.74, 6) is 0.157. The van der Waals surface area contributed by atoms with Gasteiger partial charge < -0.3 is 20.3 Å². The van der Waals surface area contributed by atoms with Crippen LogP contribution in [0.3, 0.4) is 0 Å². The summed E-state index contributed by atoms with van der Waals surface area (Å²) < 4.78 is 42.7. The first kappa shape index (κ1) is 22.4. The number of rotatable bonds is 5. The number of nitrogens with one attached hydrogen (secondary N) is 2. The Morgan fingerprint density at radius 1 is 1.19 bits per heavy atom. The van der Waals surface area contributed by atoms with Gasteiger partial charge in [0.15, 0.2) is 0 Å². The molecule has 1 unspecified atom stereocenters. The minimum absolute atomic E-state index is 0.275. The van der Waals surface area contributed by atoms with Crippen molar-refractivity contribution in [1.82, 2.24) is 15.2 Å². The minimum Gasteiger partial charge on any atom is -0.439 e. The molecule has 1 saturated heterocycles. The summed E-state index contributed by atoms with van der Waals surface area (Å²) in [6.45, 7) is 2.82. The van der Waals surface area contributed by atoms with E-state index in [9.17, 15) is 22.8 Å². The monoisotopic (exact) mass is 436 g/mol. The van der Waals surface area contributed by atoms with Gasteiger partial charge in [-0.3, -0.25) is 4.79 Å². The van der Waals surface area contributed by atoms with Gasteiger partial charge in [-0.25, -0.2) is 9.78 Å². The molecule has 0 radical (unpaired) electrons. The van der Waals surface area contributed by atoms with Crippen molar-refractivity contribution in [2.24, 2.45) is 0 Å². The molecule has 2 heterocycles. The van der Waals surface area contributed by atoms with E-state index in [1.165, 1.54) is 11.1 Å². The zero-order valence-electron chi connectivity index (χ0n) is 17.1. The number of aryl methyl sites for hydroxylation is 2. The third kappa shape index (κ3) is 6.09. The second kappa shape index (κ2) is 9.23. The van der Waals surface area contributed by atoms with Crippen molar-refractivity contribution in [2.45, 2.75) is 38.9 Å². The summed E-state index contributed by atoms with van der Waals surface area (Å²) in [6.07, 6.45) is -2.27. The molecule has 3 rings (SSSR count). The molecule has 0 spiro atoms. The van der Waals surface area contributed by atoms with Crippen LogP contribution < -0.4 is 15.4 Å². The lowest BCUT2D eigenvalue weighted by atomic mass is 10.1. The first-order chi connectivity index (χ1) is 14.6. The number of ether oxygens (including phenoxy) is 1. The van der Waals surface area contributed by atoms with Gasteiger partial charge in [0, 0.05) is 12.6 Å². The lowest BCUT2D eigenvalue weighted by Crippen LogP contribution is -2.49. The summed E-state index contributed by atoms with van der Waals surface area (Å²) in [4.78, 5) is 30.0. The standard InChI is InChI=1S/C21H23F3N4O3/c1-13-5-7-16(10-14(13)2)31-18-8-6-15(11-25-18)27-20(30)28-9-3-4-17(28)19(29)26-12-21(22,23)24/h5-8,10-11,17H,3-4,9,12H2,1-2H3,(H,26,29)(H,27,30). The SMILES string of the molecule is Cc1ccc(Oc2ccc(NC(=O)N3CCCC3C(=O)NCC(F)(F)F)cn2)cc1C. The maximum atomic E-state index is 12.5. The maximum absolute atomic E-state index is 12.5. The highest BCUT2D eigenvalue weighted by molar-refractivity contribution is 5.94. The van der Waals surface area contributed by atoms with Crippen molar-refractivity contribution in [3.05, 3.63) is 47.7 Å². The molecule has 1 atom stereocenters. The van der Waals surface area contributed by atoms with E-state index < -0.39 is 30.7 Å². The zero-order chi connectivity index (χ0) is 22.6. The number of carbonyl (C=O) groups is 2. The van der Waals surface area contributed by atoms with Crippen molar-refractivity contribution >= 4 is 17.6 Å². The van der Waals surface area contributed by atoms with Gasteiger partial charge in [0.1, 0.15) is 18.3 Å². The van der Waals surface area contributed by atoms with Crippen molar-refractivity contribution in [1.29, 1.82) is 0 Å². The van der Waals surface area contributed by atoms with Gasteiger partial charge in [0.2, 0.25) is 11.8 Å². The van der Waals surface area contributed by atoms with Crippen LogP contribution in [0.25, 0.3) is 0 Å². The molecule has 2 N–H and O–H groups in total. The number of urea groups is 1. The molecule has 1 aromatic heterocycles. The second-order valence-electron chi connectivity index (χ2n) is 7.35. The van der Waals surface area contributed by atoms with E-state index in [0.717, 1.165) is 11.1 Å². The molecule has 1 fully saturated rings. The van der Waals surface area contributed by atoms with Gasteiger partial charge >= 0.3 is 12.2 Å². The predicted molar refractivity (Wildman–Crippen MR) is 108 cm³/mol. The lowest BCUT2D eigenvalue weighted by molar-refractivity contribution is -0.140. The highest BCUT2D eigenvalue weighted by Crippen LogP contribution is 2.24. The summed E-state index contributed by atoms with van der Waals surface area (Å²) in [5.41, 5.74) is 2.60. The topological polar surface area (TPSA) is 83.6 Å². The average molecular weight is 436 g/mol. The van der Waals surface area contributed by atoms with E-state index in [1.54, 1.807) is 12.1 Å². The first-order valence-corrected chi connectivity index (χ1v) is 9.75. The number of hydrogen-bond acceptors (Lipinski definition) is 4. The maximum Gasteiger partial charge on any atom is 0.405 e. The Morgan fingerprint density at radius 3 is 2.61 bits per heavy atom. The number of likely N-dealkylation sites (tertiary alicyclic amines) is 1. The Morgan fingerprint density at radius 2 is 1.97 bits per heavy atom. The van der Waals surface area contributed by atoms with E-state index in [1.807, 2.05) is 37.4 Å². The fourth-order valence-corrected chi connectivity index (χ4v) is 3.20. The molecule has 0 bridgehead atoms. The number of carbonyl (C=O) groups excluding carboxylic acids is 2. The molecule has 2 aromatic rings. The normalized spacial score (nSPS) is 16.2. The van der Waals surface area contributed by atoms with Gasteiger partial charge in [-0.2, -0.15) is 13.2 Å². The van der Waals surface area contributed by atoms with Crippen LogP contribution in [0.4, 0.5) is 23.7 Å². The van der Waals surface area contributed by atoms with E-state index >= 15 is 0 Å². The number of halogens is 3. The summed E-state index contributed by atoms with van der Waals surface area (Å²) in [5, 5.41) is 4.45. The lowest BCUT2D eigenvalue weighted by Gasteiger charge is -2.24. The van der Waals surface area contributed by atoms with Crippen molar-refractivity contribution in [2.75, 3.05) is 18.4 Å². The molecule has 1 aromatic carbocycles. The number of amides is 3. The Kier molecular flexibility index (Phi) is 6.67. The number of benzene rings is 1. The van der Waals surface area contributed by atoms with E-state index in [4.69, 9.17) is 4.74 Å². The quantitative estimate of drug-likeness (QED) is 0.737. The Balaban J connectivity index is 1.58. The molecule has 166 valence electrons. The van der Waals surface area contributed by atoms with Crippen molar-refractivity contribution in [3.63, 3.8) is 0 Å². The third-order valence-electron chi connectivity index (χ3n) is 4.97. The van der Waals surface area contributed by atoms with Gasteiger partial charge in [0.05, 0.1) is 11.9 Å². The highest BCUT2D eigenvalue weighted by Gasteiger charge is 2.36. The largest absolute Gasteiger partial charge is 0.439 e. The molecule has 0 saturated carbocycles. The highest BCUT2D eigenvalue weighted by atomic mass is 19.4. The number of aromatic nitrogens is 1. The van der Waals surface area contributed by atoms with Crippen LogP contribution in [0.5, 0.6) is 11.6 Å². The fourth-order valence-electron chi connectivity index (χ4n) is 3.20. The molecule has 3 amide bonds. The van der Waals surface area contributed by atoms with E-state index in [0.29, 0.717) is 30.2 Å². The molecule has 1 aliphatic heterocycles. The van der Waals surface area contributed by atoms with Crippen LogP contribution in [0, 0.1) is 13.8 Å². The van der Waals surface area contributed by atoms with E-state index in [2.05, 4.69) is 10.3 Å². The number of hydrogen-bond donors (Lipinski definition) is 2. The van der Waals surface area contributed by atoms with Crippen LogP contribution in [0.15, 0.2) is 36.5 Å². The van der Waals surface area contributed by atoms with Crippen LogP contribution in [0.2, 0.25) is 0 Å². The molecule has 1 aliphatic rings. The predicted octanol–water partition coefficient (Wildman–Crippen LogP) is 4.17. The smallest absolute Gasteiger partial charge is 0.405 e. The Labute approximate surface area is 177 Å². The molecule has 10 heteroatoms. The van der Waals surface area contributed by atoms with Crippen molar-refractivity contribution < 1.29 is 27.5 Å². The van der Waals surface area contributed by atoms with Crippen LogP contribution in [-0.2, 0) is 4.79 Å². The first-order valence-electron chi connectivity index (χ1n) is 9.75. The second-order valence-corrected chi connectivity index (χ2v) is 7.35. The van der Waals surface area contributed by atoms with Gasteiger partial charge in [-0.1, -0.05) is 6.07 Å². The summed E-state index contributed by atoms with van der Waals surface area (Å²) in [7, 11) is 0. The van der Waals surface area contributed by atoms with Gasteiger partial charge in [0.25, 0.3) is 0 Å². The molecule has 7 nitrogen and oxygen atoms in total. The summed E-state index contributed by atoms with van der Waals surface area (Å²) >= 11 is 0. The van der Waals surface area contributed by atoms with Gasteiger partial charge in [-0.05, 0) is 56.0 Å². The van der Waals surface area contributed by atoms with Crippen molar-refractivity contribution in [3.8, 4) is 11.6 Å². The van der Waals surface area contributed by atoms with Crippen LogP contribution >= 0.6 is 0 Å². The zero-order valence-corrected chi connectivity index (χ0v) is 17.1. The number of alkyl halides is 3. The fraction of sp³-hybridized carbons (Fsp3) is 0.381.